The number of carboxylic acids is 2. The van der Waals surface area contributed by atoms with E-state index >= 15 is 0 Å². The van der Waals surface area contributed by atoms with E-state index in [1.54, 1.807) is 0 Å². The third-order valence-electron chi connectivity index (χ3n) is 0.371. The van der Waals surface area contributed by atoms with Gasteiger partial charge in [-0.3, -0.25) is 4.79 Å². The Kier molecular flexibility index (Phi) is 5.28. The van der Waals surface area contributed by atoms with Crippen LogP contribution in [0.15, 0.2) is 0 Å². The molecule has 5 nitrogen and oxygen atoms in total. The van der Waals surface area contributed by atoms with E-state index < -0.39 is 17.7 Å². The van der Waals surface area contributed by atoms with Crippen LogP contribution in [0.2, 0.25) is 0 Å². The summed E-state index contributed by atoms with van der Waals surface area (Å²) in [7, 11) is 0. The van der Waals surface area contributed by atoms with Crippen molar-refractivity contribution < 1.29 is 47.0 Å². The van der Waals surface area contributed by atoms with Gasteiger partial charge in [0.05, 0.1) is 0 Å². The van der Waals surface area contributed by atoms with Gasteiger partial charge in [-0.15, -0.1) is 0 Å². The van der Waals surface area contributed by atoms with Crippen molar-refractivity contribution in [3.63, 3.8) is 0 Å². The number of rotatable bonds is 2. The molecule has 0 aromatic heterocycles. The van der Waals surface area contributed by atoms with Crippen LogP contribution in [-0.2, 0) is 36.8 Å². The number of hydrogen-bond donors (Lipinski definition) is 0. The Hall–Kier alpha value is -0.650. The topological polar surface area (TPSA) is 97.3 Å². The molecule has 0 saturated heterocycles. The molecule has 6 heteroatoms. The van der Waals surface area contributed by atoms with E-state index in [0.29, 0.717) is 0 Å². The monoisotopic (exact) mass is 223 g/mol. The molecule has 0 amide bonds. The second-order valence-electron chi connectivity index (χ2n) is 0.904. The van der Waals surface area contributed by atoms with Crippen molar-refractivity contribution in [1.29, 1.82) is 0 Å². The molecule has 0 aromatic carbocycles. The summed E-state index contributed by atoms with van der Waals surface area (Å²) in [4.78, 5) is 28.0. The molecular formula is C3AgO5-2. The molecule has 0 aliphatic heterocycles. The van der Waals surface area contributed by atoms with Crippen LogP contribution < -0.4 is 10.2 Å². The van der Waals surface area contributed by atoms with Crippen molar-refractivity contribution in [3.8, 4) is 0 Å². The van der Waals surface area contributed by atoms with E-state index in [-0.39, 0.29) is 22.4 Å². The van der Waals surface area contributed by atoms with Crippen LogP contribution in [0.25, 0.3) is 0 Å². The van der Waals surface area contributed by atoms with Gasteiger partial charge in [-0.05, 0) is 0 Å². The van der Waals surface area contributed by atoms with Crippen molar-refractivity contribution >= 4 is 17.7 Å². The Labute approximate surface area is 65.2 Å². The van der Waals surface area contributed by atoms with Crippen LogP contribution in [0.5, 0.6) is 0 Å². The molecule has 1 radical (unpaired) electrons. The summed E-state index contributed by atoms with van der Waals surface area (Å²) in [5, 5.41) is 18.5. The first-order valence-electron chi connectivity index (χ1n) is 1.52. The van der Waals surface area contributed by atoms with Crippen molar-refractivity contribution in [3.05, 3.63) is 0 Å². The molecule has 0 aliphatic rings. The van der Waals surface area contributed by atoms with Crippen molar-refractivity contribution in [1.82, 2.24) is 0 Å². The van der Waals surface area contributed by atoms with Crippen LogP contribution >= 0.6 is 0 Å². The first kappa shape index (κ1) is 11.2. The number of Topliss-reactive ketones (excluding diaryl/α,β-unsaturated/α-hetero) is 1. The van der Waals surface area contributed by atoms with Crippen LogP contribution in [0.1, 0.15) is 0 Å². The van der Waals surface area contributed by atoms with E-state index in [0.717, 1.165) is 0 Å². The largest absolute Gasteiger partial charge is 0.541 e. The Bertz CT molecular complexity index is 134. The maximum absolute atomic E-state index is 9.52. The van der Waals surface area contributed by atoms with Gasteiger partial charge in [0.15, 0.2) is 0 Å². The zero-order valence-electron chi connectivity index (χ0n) is 3.84. The Morgan fingerprint density at radius 1 is 0.889 bits per heavy atom. The molecule has 0 fully saturated rings. The number of hydrogen-bond acceptors (Lipinski definition) is 5. The molecular weight excluding hydrogens is 224 g/mol. The van der Waals surface area contributed by atoms with Crippen LogP contribution in [-0.4, -0.2) is 17.7 Å². The minimum absolute atomic E-state index is 0. The van der Waals surface area contributed by atoms with Gasteiger partial charge in [-0.1, -0.05) is 0 Å². The molecule has 55 valence electrons. The fourth-order valence-electron chi connectivity index (χ4n) is 0.0833. The van der Waals surface area contributed by atoms with Crippen molar-refractivity contribution in [2.75, 3.05) is 0 Å². The van der Waals surface area contributed by atoms with Gasteiger partial charge >= 0.3 is 0 Å². The number of ketones is 1. The minimum Gasteiger partial charge on any atom is -0.541 e. The smallest absolute Gasteiger partial charge is 0.223 e. The molecule has 0 aliphatic carbocycles. The van der Waals surface area contributed by atoms with Crippen molar-refractivity contribution in [2.45, 2.75) is 0 Å². The fourth-order valence-corrected chi connectivity index (χ4v) is 0.0833. The molecule has 9 heavy (non-hydrogen) atoms. The fraction of sp³-hybridized carbons (Fsp3) is 0. The number of carboxylic acid groups (broad SMARTS) is 2. The summed E-state index contributed by atoms with van der Waals surface area (Å²) < 4.78 is 0. The summed E-state index contributed by atoms with van der Waals surface area (Å²) in [5.41, 5.74) is 0. The summed E-state index contributed by atoms with van der Waals surface area (Å²) in [5.74, 6) is -6.56. The van der Waals surface area contributed by atoms with E-state index in [1.807, 2.05) is 0 Å². The Morgan fingerprint density at radius 3 is 1.11 bits per heavy atom. The van der Waals surface area contributed by atoms with E-state index in [9.17, 15) is 24.6 Å². The van der Waals surface area contributed by atoms with E-state index in [4.69, 9.17) is 0 Å². The predicted octanol–water partition coefficient (Wildman–Crippen LogP) is -3.95. The van der Waals surface area contributed by atoms with Gasteiger partial charge in [-0.25, -0.2) is 0 Å². The van der Waals surface area contributed by atoms with Gasteiger partial charge in [-0.2, -0.15) is 0 Å². The minimum atomic E-state index is -2.26. The maximum Gasteiger partial charge on any atom is 0.223 e. The molecule has 0 heterocycles. The molecule has 0 spiro atoms. The van der Waals surface area contributed by atoms with Crippen LogP contribution in [0.4, 0.5) is 0 Å². The normalized spacial score (nSPS) is 7.11. The van der Waals surface area contributed by atoms with Gasteiger partial charge in [0.2, 0.25) is 5.78 Å². The molecule has 0 rings (SSSR count). The quantitative estimate of drug-likeness (QED) is 0.271. The SMILES string of the molecule is O=C([O-])C(=O)C(=O)[O-].[Ag]. The number of carbonyl (C=O) groups excluding carboxylic acids is 3. The first-order valence-corrected chi connectivity index (χ1v) is 1.52. The third-order valence-corrected chi connectivity index (χ3v) is 0.371. The molecule has 0 atom stereocenters. The van der Waals surface area contributed by atoms with E-state index in [2.05, 4.69) is 0 Å². The second kappa shape index (κ2) is 4.25. The summed E-state index contributed by atoms with van der Waals surface area (Å²) in [6.07, 6.45) is 0. The summed E-state index contributed by atoms with van der Waals surface area (Å²) in [6.45, 7) is 0. The molecule has 0 N–H and O–H groups in total. The first-order chi connectivity index (χ1) is 3.55. The van der Waals surface area contributed by atoms with Gasteiger partial charge in [0.1, 0.15) is 11.9 Å². The number of carbonyl (C=O) groups is 3. The van der Waals surface area contributed by atoms with Gasteiger partial charge in [0.25, 0.3) is 0 Å². The summed E-state index contributed by atoms with van der Waals surface area (Å²) >= 11 is 0. The molecule has 0 aromatic rings. The molecule has 0 saturated carbocycles. The Morgan fingerprint density at radius 2 is 1.11 bits per heavy atom. The molecule has 0 unspecified atom stereocenters. The molecule has 0 bridgehead atoms. The zero-order chi connectivity index (χ0) is 6.73. The average molecular weight is 224 g/mol. The van der Waals surface area contributed by atoms with Gasteiger partial charge < -0.3 is 19.8 Å². The maximum atomic E-state index is 9.52. The third kappa shape index (κ3) is 3.89. The number of aliphatic carboxylic acids is 2. The average Bonchev–Trinajstić information content (AvgIpc) is 1.64. The second-order valence-corrected chi connectivity index (χ2v) is 0.904. The zero-order valence-corrected chi connectivity index (χ0v) is 5.33. The van der Waals surface area contributed by atoms with Crippen LogP contribution in [0.3, 0.4) is 0 Å². The Balaban J connectivity index is 0. The van der Waals surface area contributed by atoms with Crippen molar-refractivity contribution in [2.24, 2.45) is 0 Å². The predicted molar refractivity (Wildman–Crippen MR) is 15.0 cm³/mol. The van der Waals surface area contributed by atoms with Crippen LogP contribution in [0, 0.1) is 0 Å². The standard InChI is InChI=1S/C3H2O5.Ag/c4-1(2(5)6)3(7)8;/h(H,5,6)(H,7,8);/p-2. The van der Waals surface area contributed by atoms with E-state index in [1.165, 1.54) is 0 Å². The van der Waals surface area contributed by atoms with Gasteiger partial charge in [0, 0.05) is 22.4 Å². The summed E-state index contributed by atoms with van der Waals surface area (Å²) in [6, 6.07) is 0.